The van der Waals surface area contributed by atoms with Gasteiger partial charge in [0.05, 0.1) is 15.6 Å². The fourth-order valence-electron chi connectivity index (χ4n) is 1.73. The van der Waals surface area contributed by atoms with Gasteiger partial charge in [-0.25, -0.2) is 18.1 Å². The van der Waals surface area contributed by atoms with Crippen LogP contribution in [0.4, 0.5) is 5.69 Å². The summed E-state index contributed by atoms with van der Waals surface area (Å²) < 4.78 is 25.4. The molecule has 0 radical (unpaired) electrons. The third kappa shape index (κ3) is 3.78. The van der Waals surface area contributed by atoms with Gasteiger partial charge in [-0.3, -0.25) is 0 Å². The summed E-state index contributed by atoms with van der Waals surface area (Å²) in [6.07, 6.45) is 0.848. The van der Waals surface area contributed by atoms with Crippen LogP contribution in [0.3, 0.4) is 0 Å². The molecule has 0 spiro atoms. The highest BCUT2D eigenvalue weighted by atomic mass is 32.2. The van der Waals surface area contributed by atoms with Crippen LogP contribution < -0.4 is 10.0 Å². The molecule has 0 saturated carbocycles. The summed E-state index contributed by atoms with van der Waals surface area (Å²) in [6.45, 7) is 2.75. The lowest BCUT2D eigenvalue weighted by Gasteiger charge is -2.07. The second-order valence-electron chi connectivity index (χ2n) is 4.27. The minimum absolute atomic E-state index is 0.265. The van der Waals surface area contributed by atoms with Crippen molar-refractivity contribution in [2.75, 3.05) is 18.9 Å². The standard InChI is InChI=1S/C13H17N3O2S2/c1-10-16-12(9-19-10)7-8-15-11-3-5-13(6-4-11)20(17,18)14-2/h3-6,9,14-15H,7-8H2,1-2H3. The van der Waals surface area contributed by atoms with Crippen molar-refractivity contribution in [1.29, 1.82) is 0 Å². The molecule has 0 aliphatic heterocycles. The highest BCUT2D eigenvalue weighted by molar-refractivity contribution is 7.89. The molecule has 0 atom stereocenters. The summed E-state index contributed by atoms with van der Waals surface area (Å²) in [7, 11) is -1.96. The summed E-state index contributed by atoms with van der Waals surface area (Å²) in [4.78, 5) is 4.65. The average Bonchev–Trinajstić information content (AvgIpc) is 2.85. The first-order chi connectivity index (χ1) is 9.51. The minimum atomic E-state index is -3.36. The molecule has 108 valence electrons. The number of hydrogen-bond acceptors (Lipinski definition) is 5. The second kappa shape index (κ2) is 6.34. The molecule has 0 aliphatic rings. The number of nitrogens with zero attached hydrogens (tertiary/aromatic N) is 1. The molecule has 0 fully saturated rings. The Bertz CT molecular complexity index is 663. The quantitative estimate of drug-likeness (QED) is 0.856. The van der Waals surface area contributed by atoms with Crippen LogP contribution in [0.15, 0.2) is 34.5 Å². The normalized spacial score (nSPS) is 11.5. The highest BCUT2D eigenvalue weighted by Gasteiger charge is 2.10. The molecule has 2 N–H and O–H groups in total. The maximum atomic E-state index is 11.6. The Balaban J connectivity index is 1.91. The first-order valence-electron chi connectivity index (χ1n) is 6.20. The molecule has 0 amide bonds. The molecule has 2 rings (SSSR count). The van der Waals surface area contributed by atoms with E-state index in [2.05, 4.69) is 20.4 Å². The number of sulfonamides is 1. The van der Waals surface area contributed by atoms with Crippen LogP contribution in [0.2, 0.25) is 0 Å². The summed E-state index contributed by atoms with van der Waals surface area (Å²) in [5.74, 6) is 0. The minimum Gasteiger partial charge on any atom is -0.385 e. The maximum absolute atomic E-state index is 11.6. The van der Waals surface area contributed by atoms with Crippen LogP contribution in [-0.2, 0) is 16.4 Å². The van der Waals surface area contributed by atoms with Crippen LogP contribution in [0.25, 0.3) is 0 Å². The molecular weight excluding hydrogens is 294 g/mol. The molecule has 0 bridgehead atoms. The van der Waals surface area contributed by atoms with Crippen molar-refractivity contribution in [3.05, 3.63) is 40.3 Å². The lowest BCUT2D eigenvalue weighted by molar-refractivity contribution is 0.588. The van der Waals surface area contributed by atoms with Crippen molar-refractivity contribution in [2.45, 2.75) is 18.2 Å². The summed E-state index contributed by atoms with van der Waals surface area (Å²) in [5, 5.41) is 6.37. The largest absolute Gasteiger partial charge is 0.385 e. The third-order valence-electron chi connectivity index (χ3n) is 2.81. The number of aromatic nitrogens is 1. The molecular formula is C13H17N3O2S2. The molecule has 1 aromatic heterocycles. The Morgan fingerprint density at radius 2 is 1.95 bits per heavy atom. The van der Waals surface area contributed by atoms with Crippen molar-refractivity contribution < 1.29 is 8.42 Å². The molecule has 0 saturated heterocycles. The monoisotopic (exact) mass is 311 g/mol. The Morgan fingerprint density at radius 3 is 2.50 bits per heavy atom. The lowest BCUT2D eigenvalue weighted by atomic mass is 10.3. The van der Waals surface area contributed by atoms with E-state index in [0.717, 1.165) is 29.4 Å². The Morgan fingerprint density at radius 1 is 1.25 bits per heavy atom. The summed E-state index contributed by atoms with van der Waals surface area (Å²) in [6, 6.07) is 6.69. The van der Waals surface area contributed by atoms with Crippen LogP contribution in [0.5, 0.6) is 0 Å². The number of rotatable bonds is 6. The van der Waals surface area contributed by atoms with E-state index in [4.69, 9.17) is 0 Å². The zero-order valence-corrected chi connectivity index (χ0v) is 13.0. The number of nitrogens with one attached hydrogen (secondary N) is 2. The maximum Gasteiger partial charge on any atom is 0.240 e. The first-order valence-corrected chi connectivity index (χ1v) is 8.56. The molecule has 20 heavy (non-hydrogen) atoms. The summed E-state index contributed by atoms with van der Waals surface area (Å²) in [5.41, 5.74) is 1.97. The Kier molecular flexibility index (Phi) is 4.74. The zero-order valence-electron chi connectivity index (χ0n) is 11.4. The van der Waals surface area contributed by atoms with Gasteiger partial charge in [-0.1, -0.05) is 0 Å². The molecule has 1 heterocycles. The number of benzene rings is 1. The van der Waals surface area contributed by atoms with Gasteiger partial charge in [0.15, 0.2) is 0 Å². The van der Waals surface area contributed by atoms with E-state index < -0.39 is 10.0 Å². The molecule has 5 nitrogen and oxygen atoms in total. The van der Waals surface area contributed by atoms with Gasteiger partial charge in [-0.2, -0.15) is 0 Å². The lowest BCUT2D eigenvalue weighted by Crippen LogP contribution is -2.18. The van der Waals surface area contributed by atoms with Crippen LogP contribution >= 0.6 is 11.3 Å². The van der Waals surface area contributed by atoms with E-state index in [1.54, 1.807) is 35.6 Å². The van der Waals surface area contributed by atoms with E-state index in [-0.39, 0.29) is 4.90 Å². The number of aryl methyl sites for hydroxylation is 1. The number of hydrogen-bond donors (Lipinski definition) is 2. The van der Waals surface area contributed by atoms with Crippen molar-refractivity contribution in [3.63, 3.8) is 0 Å². The van der Waals surface area contributed by atoms with Crippen molar-refractivity contribution in [2.24, 2.45) is 0 Å². The first kappa shape index (κ1) is 15.0. The Labute approximate surface area is 123 Å². The van der Waals surface area contributed by atoms with Gasteiger partial charge in [-0.05, 0) is 38.2 Å². The third-order valence-corrected chi connectivity index (χ3v) is 5.06. The topological polar surface area (TPSA) is 71.1 Å². The average molecular weight is 311 g/mol. The van der Waals surface area contributed by atoms with Gasteiger partial charge in [-0.15, -0.1) is 11.3 Å². The highest BCUT2D eigenvalue weighted by Crippen LogP contribution is 2.14. The van der Waals surface area contributed by atoms with Crippen LogP contribution in [0, 0.1) is 6.92 Å². The predicted octanol–water partition coefficient (Wildman–Crippen LogP) is 2.01. The van der Waals surface area contributed by atoms with Gasteiger partial charge >= 0.3 is 0 Å². The second-order valence-corrected chi connectivity index (χ2v) is 7.22. The molecule has 0 unspecified atom stereocenters. The molecule has 1 aromatic carbocycles. The van der Waals surface area contributed by atoms with Crippen molar-refractivity contribution >= 4 is 27.0 Å². The van der Waals surface area contributed by atoms with Gasteiger partial charge in [0, 0.05) is 24.0 Å². The van der Waals surface area contributed by atoms with Gasteiger partial charge < -0.3 is 5.32 Å². The fraction of sp³-hybridized carbons (Fsp3) is 0.308. The predicted molar refractivity (Wildman–Crippen MR) is 81.7 cm³/mol. The van der Waals surface area contributed by atoms with Gasteiger partial charge in [0.2, 0.25) is 10.0 Å². The summed E-state index contributed by atoms with van der Waals surface area (Å²) >= 11 is 1.65. The van der Waals surface area contributed by atoms with E-state index in [1.165, 1.54) is 7.05 Å². The van der Waals surface area contributed by atoms with Crippen LogP contribution in [0.1, 0.15) is 10.7 Å². The SMILES string of the molecule is CNS(=O)(=O)c1ccc(NCCc2csc(C)n2)cc1. The van der Waals surface area contributed by atoms with Gasteiger partial charge in [0.1, 0.15) is 0 Å². The van der Waals surface area contributed by atoms with Gasteiger partial charge in [0.25, 0.3) is 0 Å². The zero-order chi connectivity index (χ0) is 14.6. The smallest absolute Gasteiger partial charge is 0.240 e. The molecule has 0 aliphatic carbocycles. The number of thiazole rings is 1. The van der Waals surface area contributed by atoms with Crippen molar-refractivity contribution in [1.82, 2.24) is 9.71 Å². The van der Waals surface area contributed by atoms with E-state index in [9.17, 15) is 8.42 Å². The molecule has 2 aromatic rings. The van der Waals surface area contributed by atoms with E-state index in [0.29, 0.717) is 0 Å². The fourth-order valence-corrected chi connectivity index (χ4v) is 3.10. The van der Waals surface area contributed by atoms with Crippen molar-refractivity contribution in [3.8, 4) is 0 Å². The Hall–Kier alpha value is -1.44. The van der Waals surface area contributed by atoms with E-state index >= 15 is 0 Å². The number of anilines is 1. The van der Waals surface area contributed by atoms with E-state index in [1.807, 2.05) is 6.92 Å². The van der Waals surface area contributed by atoms with Crippen LogP contribution in [-0.4, -0.2) is 27.0 Å². The molecule has 7 heteroatoms.